The Kier molecular flexibility index (Phi) is 7.79. The van der Waals surface area contributed by atoms with Gasteiger partial charge in [-0.05, 0) is 42.0 Å². The van der Waals surface area contributed by atoms with Crippen molar-refractivity contribution in [3.63, 3.8) is 0 Å². The van der Waals surface area contributed by atoms with Crippen LogP contribution in [0, 0.1) is 11.3 Å². The Morgan fingerprint density at radius 3 is 2.41 bits per heavy atom. The molecule has 1 aromatic heterocycles. The molecule has 0 N–H and O–H groups in total. The number of nitrogens with zero attached hydrogens (tertiary/aromatic N) is 4. The van der Waals surface area contributed by atoms with Gasteiger partial charge in [0.05, 0.1) is 17.2 Å². The first kappa shape index (κ1) is 25.1. The topological polar surface area (TPSA) is 60.2 Å². The SMILES string of the molecule is CN(C)C(=O)[C@H](Cc1ccccn1)N(Cc1ccccc1Cl)c1ccc(C#N)c(C(F)(F)F)c1. The van der Waals surface area contributed by atoms with Crippen molar-refractivity contribution in [3.8, 4) is 6.07 Å². The molecule has 0 aliphatic rings. The van der Waals surface area contributed by atoms with E-state index in [0.29, 0.717) is 16.3 Å². The van der Waals surface area contributed by atoms with Crippen LogP contribution in [-0.2, 0) is 23.9 Å². The summed E-state index contributed by atoms with van der Waals surface area (Å²) in [5, 5.41) is 9.62. The molecule has 1 heterocycles. The first-order valence-electron chi connectivity index (χ1n) is 10.3. The molecule has 0 spiro atoms. The highest BCUT2D eigenvalue weighted by molar-refractivity contribution is 6.31. The van der Waals surface area contributed by atoms with E-state index in [1.807, 2.05) is 0 Å². The summed E-state index contributed by atoms with van der Waals surface area (Å²) in [6.07, 6.45) is -2.99. The minimum absolute atomic E-state index is 0.0694. The van der Waals surface area contributed by atoms with Crippen LogP contribution >= 0.6 is 11.6 Å². The smallest absolute Gasteiger partial charge is 0.355 e. The number of hydrogen-bond acceptors (Lipinski definition) is 4. The number of likely N-dealkylation sites (N-methyl/N-ethyl adjacent to an activating group) is 1. The summed E-state index contributed by atoms with van der Waals surface area (Å²) in [5.74, 6) is -0.310. The van der Waals surface area contributed by atoms with Crippen LogP contribution in [0.1, 0.15) is 22.4 Å². The summed E-state index contributed by atoms with van der Waals surface area (Å²) in [5.41, 5.74) is -0.168. The molecule has 0 saturated carbocycles. The molecule has 1 atom stereocenters. The molecule has 5 nitrogen and oxygen atoms in total. The Hall–Kier alpha value is -3.57. The van der Waals surface area contributed by atoms with E-state index in [4.69, 9.17) is 11.6 Å². The van der Waals surface area contributed by atoms with E-state index in [9.17, 15) is 23.2 Å². The lowest BCUT2D eigenvalue weighted by molar-refractivity contribution is -0.137. The van der Waals surface area contributed by atoms with E-state index in [2.05, 4.69) is 4.98 Å². The number of carbonyl (C=O) groups is 1. The second-order valence-corrected chi connectivity index (χ2v) is 8.24. The van der Waals surface area contributed by atoms with Gasteiger partial charge < -0.3 is 9.80 Å². The predicted octanol–water partition coefficient (Wildman–Crippen LogP) is 5.33. The van der Waals surface area contributed by atoms with Crippen molar-refractivity contribution in [2.45, 2.75) is 25.2 Å². The summed E-state index contributed by atoms with van der Waals surface area (Å²) in [4.78, 5) is 20.6. The third kappa shape index (κ3) is 5.86. The first-order valence-corrected chi connectivity index (χ1v) is 10.7. The van der Waals surface area contributed by atoms with Crippen molar-refractivity contribution in [2.24, 2.45) is 0 Å². The van der Waals surface area contributed by atoms with Crippen LogP contribution in [0.5, 0.6) is 0 Å². The number of hydrogen-bond donors (Lipinski definition) is 0. The van der Waals surface area contributed by atoms with Gasteiger partial charge in [-0.1, -0.05) is 35.9 Å². The highest BCUT2D eigenvalue weighted by Crippen LogP contribution is 2.36. The summed E-state index contributed by atoms with van der Waals surface area (Å²) < 4.78 is 41.2. The number of halogens is 4. The number of carbonyl (C=O) groups excluding carboxylic acids is 1. The molecule has 0 aliphatic heterocycles. The van der Waals surface area contributed by atoms with E-state index in [-0.39, 0.29) is 24.6 Å². The fourth-order valence-corrected chi connectivity index (χ4v) is 3.78. The van der Waals surface area contributed by atoms with Crippen molar-refractivity contribution in [3.05, 3.63) is 94.3 Å². The maximum absolute atomic E-state index is 13.7. The molecule has 0 bridgehead atoms. The monoisotopic (exact) mass is 486 g/mol. The summed E-state index contributed by atoms with van der Waals surface area (Å²) in [6, 6.07) is 16.4. The molecule has 0 radical (unpaired) electrons. The largest absolute Gasteiger partial charge is 0.417 e. The Morgan fingerprint density at radius 2 is 1.82 bits per heavy atom. The molecule has 0 fully saturated rings. The molecule has 3 aromatic rings. The van der Waals surface area contributed by atoms with Crippen molar-refractivity contribution >= 4 is 23.2 Å². The van der Waals surface area contributed by atoms with Gasteiger partial charge in [-0.2, -0.15) is 18.4 Å². The molecule has 0 unspecified atom stereocenters. The van der Waals surface area contributed by atoms with Crippen molar-refractivity contribution in [2.75, 3.05) is 19.0 Å². The number of nitriles is 1. The maximum atomic E-state index is 13.7. The maximum Gasteiger partial charge on any atom is 0.417 e. The van der Waals surface area contributed by atoms with Gasteiger partial charge in [0.15, 0.2) is 0 Å². The molecule has 3 rings (SSSR count). The van der Waals surface area contributed by atoms with Gasteiger partial charge in [0, 0.05) is 49.7 Å². The van der Waals surface area contributed by atoms with Crippen LogP contribution in [0.3, 0.4) is 0 Å². The molecule has 1 amide bonds. The van der Waals surface area contributed by atoms with E-state index < -0.39 is 23.3 Å². The van der Waals surface area contributed by atoms with Gasteiger partial charge in [0.2, 0.25) is 5.91 Å². The third-order valence-corrected chi connectivity index (χ3v) is 5.66. The van der Waals surface area contributed by atoms with E-state index in [1.165, 1.54) is 11.0 Å². The standard InChI is InChI=1S/C25H22ClF3N4O/c1-32(2)24(34)23(13-19-8-5-6-12-31-19)33(16-18-7-3-4-9-22(18)26)20-11-10-17(15-30)21(14-20)25(27,28)29/h3-12,14,23H,13,16H2,1-2H3/t23-/m0/s1. The molecule has 176 valence electrons. The number of amides is 1. The second-order valence-electron chi connectivity index (χ2n) is 7.83. The van der Waals surface area contributed by atoms with Crippen LogP contribution < -0.4 is 4.90 Å². The Bertz CT molecular complexity index is 1190. The number of aromatic nitrogens is 1. The average molecular weight is 487 g/mol. The number of rotatable bonds is 7. The van der Waals surface area contributed by atoms with E-state index in [1.54, 1.807) is 73.7 Å². The van der Waals surface area contributed by atoms with Crippen molar-refractivity contribution in [1.29, 1.82) is 5.26 Å². The van der Waals surface area contributed by atoms with Crippen LogP contribution in [-0.4, -0.2) is 35.9 Å². The lowest BCUT2D eigenvalue weighted by Gasteiger charge is -2.35. The number of anilines is 1. The second kappa shape index (κ2) is 10.6. The summed E-state index contributed by atoms with van der Waals surface area (Å²) in [7, 11) is 3.17. The van der Waals surface area contributed by atoms with Crippen molar-refractivity contribution < 1.29 is 18.0 Å². The van der Waals surface area contributed by atoms with Crippen LogP contribution in [0.4, 0.5) is 18.9 Å². The zero-order valence-electron chi connectivity index (χ0n) is 18.6. The van der Waals surface area contributed by atoms with Gasteiger partial charge in [0.1, 0.15) is 6.04 Å². The molecule has 9 heteroatoms. The predicted molar refractivity (Wildman–Crippen MR) is 124 cm³/mol. The minimum atomic E-state index is -4.74. The van der Waals surface area contributed by atoms with E-state index >= 15 is 0 Å². The minimum Gasteiger partial charge on any atom is -0.355 e. The molecule has 34 heavy (non-hydrogen) atoms. The zero-order chi connectivity index (χ0) is 24.9. The van der Waals surface area contributed by atoms with Crippen LogP contribution in [0.2, 0.25) is 5.02 Å². The molecular weight excluding hydrogens is 465 g/mol. The van der Waals surface area contributed by atoms with Crippen LogP contribution in [0.25, 0.3) is 0 Å². The highest BCUT2D eigenvalue weighted by atomic mass is 35.5. The quantitative estimate of drug-likeness (QED) is 0.453. The normalized spacial score (nSPS) is 12.0. The summed E-state index contributed by atoms with van der Waals surface area (Å²) >= 11 is 6.36. The third-order valence-electron chi connectivity index (χ3n) is 5.29. The number of benzene rings is 2. The molecule has 0 aliphatic carbocycles. The molecular formula is C25H22ClF3N4O. The highest BCUT2D eigenvalue weighted by Gasteiger charge is 2.36. The van der Waals surface area contributed by atoms with Gasteiger partial charge in [0.25, 0.3) is 0 Å². The van der Waals surface area contributed by atoms with Gasteiger partial charge in [-0.3, -0.25) is 9.78 Å². The van der Waals surface area contributed by atoms with Crippen LogP contribution in [0.15, 0.2) is 66.9 Å². The Labute approximate surface area is 201 Å². The fourth-order valence-electron chi connectivity index (χ4n) is 3.58. The molecule has 2 aromatic carbocycles. The Balaban J connectivity index is 2.18. The van der Waals surface area contributed by atoms with Crippen molar-refractivity contribution in [1.82, 2.24) is 9.88 Å². The lowest BCUT2D eigenvalue weighted by Crippen LogP contribution is -2.48. The summed E-state index contributed by atoms with van der Waals surface area (Å²) in [6.45, 7) is 0.0694. The average Bonchev–Trinajstić information content (AvgIpc) is 2.81. The van der Waals surface area contributed by atoms with Gasteiger partial charge in [-0.15, -0.1) is 0 Å². The zero-order valence-corrected chi connectivity index (χ0v) is 19.3. The Morgan fingerprint density at radius 1 is 1.12 bits per heavy atom. The number of alkyl halides is 3. The lowest BCUT2D eigenvalue weighted by atomic mass is 10.0. The van der Waals surface area contributed by atoms with Gasteiger partial charge in [-0.25, -0.2) is 0 Å². The number of pyridine rings is 1. The van der Waals surface area contributed by atoms with Gasteiger partial charge >= 0.3 is 6.18 Å². The fraction of sp³-hybridized carbons (Fsp3) is 0.240. The first-order chi connectivity index (χ1) is 16.1. The molecule has 0 saturated heterocycles. The van der Waals surface area contributed by atoms with E-state index in [0.717, 1.165) is 12.1 Å².